The summed E-state index contributed by atoms with van der Waals surface area (Å²) in [5.41, 5.74) is 8.59. The summed E-state index contributed by atoms with van der Waals surface area (Å²) < 4.78 is 5.24. The number of carbonyl (C=O) groups excluding carboxylic acids is 3. The summed E-state index contributed by atoms with van der Waals surface area (Å²) >= 11 is 0. The zero-order valence-electron chi connectivity index (χ0n) is 15.9. The highest BCUT2D eigenvalue weighted by atomic mass is 16.5. The molecule has 1 saturated heterocycles. The molecule has 0 saturated carbocycles. The predicted molar refractivity (Wildman–Crippen MR) is 106 cm³/mol. The number of hydrogen-bond acceptors (Lipinski definition) is 4. The molecule has 1 fully saturated rings. The molecule has 28 heavy (non-hydrogen) atoms. The lowest BCUT2D eigenvalue weighted by Crippen LogP contribution is -2.28. The molecular weight excluding hydrogens is 358 g/mol. The van der Waals surface area contributed by atoms with Crippen molar-refractivity contribution < 1.29 is 19.1 Å². The summed E-state index contributed by atoms with van der Waals surface area (Å²) in [6, 6.07) is 12.5. The molecule has 3 amide bonds. The van der Waals surface area contributed by atoms with Gasteiger partial charge in [-0.1, -0.05) is 18.2 Å². The largest absolute Gasteiger partial charge is 0.484 e. The number of amides is 3. The lowest BCUT2D eigenvalue weighted by molar-refractivity contribution is -0.122. The second-order valence-electron chi connectivity index (χ2n) is 6.90. The Bertz CT molecular complexity index is 926. The smallest absolute Gasteiger partial charge is 0.255 e. The highest BCUT2D eigenvalue weighted by molar-refractivity contribution is 6.04. The number of rotatable bonds is 6. The van der Waals surface area contributed by atoms with Crippen molar-refractivity contribution in [3.05, 3.63) is 53.6 Å². The number of benzene rings is 2. The summed E-state index contributed by atoms with van der Waals surface area (Å²) in [5.74, 6) is -0.884. The molecule has 7 nitrogen and oxygen atoms in total. The van der Waals surface area contributed by atoms with Crippen LogP contribution >= 0.6 is 0 Å². The molecule has 0 bridgehead atoms. The zero-order chi connectivity index (χ0) is 20.3. The number of anilines is 2. The van der Waals surface area contributed by atoms with E-state index in [-0.39, 0.29) is 24.8 Å². The van der Waals surface area contributed by atoms with E-state index in [0.29, 0.717) is 18.0 Å². The molecule has 1 aliphatic heterocycles. The van der Waals surface area contributed by atoms with Gasteiger partial charge in [0.15, 0.2) is 6.61 Å². The van der Waals surface area contributed by atoms with E-state index in [9.17, 15) is 14.4 Å². The van der Waals surface area contributed by atoms with E-state index >= 15 is 0 Å². The zero-order valence-corrected chi connectivity index (χ0v) is 15.9. The molecule has 0 aromatic heterocycles. The molecule has 1 atom stereocenters. The first kappa shape index (κ1) is 19.4. The van der Waals surface area contributed by atoms with E-state index in [2.05, 4.69) is 5.32 Å². The van der Waals surface area contributed by atoms with Crippen LogP contribution in [-0.2, 0) is 14.4 Å². The summed E-state index contributed by atoms with van der Waals surface area (Å²) in [6.45, 7) is 4.08. The van der Waals surface area contributed by atoms with Gasteiger partial charge in [-0.15, -0.1) is 0 Å². The summed E-state index contributed by atoms with van der Waals surface area (Å²) in [6.07, 6.45) is 0.164. The van der Waals surface area contributed by atoms with E-state index in [1.54, 1.807) is 29.2 Å². The van der Waals surface area contributed by atoms with E-state index in [0.717, 1.165) is 16.8 Å². The van der Waals surface area contributed by atoms with E-state index in [1.165, 1.54) is 0 Å². The van der Waals surface area contributed by atoms with Crippen LogP contribution in [0.15, 0.2) is 42.5 Å². The van der Waals surface area contributed by atoms with Gasteiger partial charge in [0.2, 0.25) is 11.8 Å². The number of ether oxygens (including phenoxy) is 1. The Morgan fingerprint density at radius 3 is 2.71 bits per heavy atom. The molecular formula is C21H23N3O4. The SMILES string of the molecule is Cc1cccc(N2CC(C(=O)Nc3cccc(OCC(N)=O)c3)CC2=O)c1C. The fourth-order valence-electron chi connectivity index (χ4n) is 3.21. The Kier molecular flexibility index (Phi) is 5.63. The van der Waals surface area contributed by atoms with Crippen LogP contribution in [0.25, 0.3) is 0 Å². The molecule has 2 aromatic carbocycles. The minimum atomic E-state index is -0.578. The predicted octanol–water partition coefficient (Wildman–Crippen LogP) is 2.16. The van der Waals surface area contributed by atoms with Crippen LogP contribution in [0, 0.1) is 19.8 Å². The van der Waals surface area contributed by atoms with Gasteiger partial charge in [0.1, 0.15) is 5.75 Å². The van der Waals surface area contributed by atoms with Crippen molar-refractivity contribution in [3.63, 3.8) is 0 Å². The van der Waals surface area contributed by atoms with Gasteiger partial charge in [0, 0.05) is 30.4 Å². The number of primary amides is 1. The van der Waals surface area contributed by atoms with Gasteiger partial charge in [-0.25, -0.2) is 0 Å². The molecule has 1 unspecified atom stereocenters. The maximum absolute atomic E-state index is 12.7. The number of nitrogens with zero attached hydrogens (tertiary/aromatic N) is 1. The van der Waals surface area contributed by atoms with Crippen LogP contribution in [0.1, 0.15) is 17.5 Å². The van der Waals surface area contributed by atoms with E-state index in [1.807, 2.05) is 32.0 Å². The van der Waals surface area contributed by atoms with Crippen LogP contribution in [-0.4, -0.2) is 30.9 Å². The second-order valence-corrected chi connectivity index (χ2v) is 6.90. The van der Waals surface area contributed by atoms with Crippen LogP contribution in [0.5, 0.6) is 5.75 Å². The topological polar surface area (TPSA) is 102 Å². The van der Waals surface area contributed by atoms with Gasteiger partial charge in [0.25, 0.3) is 5.91 Å². The third kappa shape index (κ3) is 4.31. The van der Waals surface area contributed by atoms with E-state index < -0.39 is 11.8 Å². The van der Waals surface area contributed by atoms with Crippen LogP contribution < -0.4 is 20.7 Å². The number of hydrogen-bond donors (Lipinski definition) is 2. The number of carbonyl (C=O) groups is 3. The quantitative estimate of drug-likeness (QED) is 0.800. The van der Waals surface area contributed by atoms with Gasteiger partial charge in [-0.2, -0.15) is 0 Å². The Morgan fingerprint density at radius 2 is 1.96 bits per heavy atom. The van der Waals surface area contributed by atoms with Crippen molar-refractivity contribution >= 4 is 29.1 Å². The second kappa shape index (κ2) is 8.12. The summed E-state index contributed by atoms with van der Waals surface area (Å²) in [4.78, 5) is 37.7. The maximum Gasteiger partial charge on any atom is 0.255 e. The van der Waals surface area contributed by atoms with Crippen molar-refractivity contribution in [2.24, 2.45) is 11.7 Å². The first-order valence-electron chi connectivity index (χ1n) is 9.03. The highest BCUT2D eigenvalue weighted by Crippen LogP contribution is 2.30. The van der Waals surface area contributed by atoms with Crippen LogP contribution in [0.4, 0.5) is 11.4 Å². The van der Waals surface area contributed by atoms with Crippen LogP contribution in [0.3, 0.4) is 0 Å². The van der Waals surface area contributed by atoms with Gasteiger partial charge < -0.3 is 20.7 Å². The monoisotopic (exact) mass is 381 g/mol. The Labute approximate surface area is 163 Å². The molecule has 0 spiro atoms. The normalized spacial score (nSPS) is 16.1. The van der Waals surface area contributed by atoms with Gasteiger partial charge in [-0.05, 0) is 43.2 Å². The molecule has 2 aromatic rings. The lowest BCUT2D eigenvalue weighted by Gasteiger charge is -2.20. The first-order chi connectivity index (χ1) is 13.3. The Hall–Kier alpha value is -3.35. The Balaban J connectivity index is 1.67. The van der Waals surface area contributed by atoms with E-state index in [4.69, 9.17) is 10.5 Å². The van der Waals surface area contributed by atoms with Crippen molar-refractivity contribution in [3.8, 4) is 5.75 Å². The van der Waals surface area contributed by atoms with Crippen molar-refractivity contribution in [2.75, 3.05) is 23.4 Å². The molecule has 1 aliphatic rings. The fraction of sp³-hybridized carbons (Fsp3) is 0.286. The minimum absolute atomic E-state index is 0.0626. The van der Waals surface area contributed by atoms with Crippen molar-refractivity contribution in [1.29, 1.82) is 0 Å². The van der Waals surface area contributed by atoms with Crippen molar-refractivity contribution in [1.82, 2.24) is 0 Å². The average molecular weight is 381 g/mol. The molecule has 0 aliphatic carbocycles. The summed E-state index contributed by atoms with van der Waals surface area (Å²) in [7, 11) is 0. The highest BCUT2D eigenvalue weighted by Gasteiger charge is 2.35. The average Bonchev–Trinajstić information content (AvgIpc) is 3.04. The molecule has 0 radical (unpaired) electrons. The third-order valence-electron chi connectivity index (χ3n) is 4.85. The first-order valence-corrected chi connectivity index (χ1v) is 9.03. The van der Waals surface area contributed by atoms with Gasteiger partial charge in [0.05, 0.1) is 5.92 Å². The maximum atomic E-state index is 12.7. The standard InChI is InChI=1S/C21H23N3O4/c1-13-5-3-8-18(14(13)2)24-11-15(9-20(24)26)21(27)23-16-6-4-7-17(10-16)28-12-19(22)25/h3-8,10,15H,9,11-12H2,1-2H3,(H2,22,25)(H,23,27). The number of aryl methyl sites for hydroxylation is 1. The fourth-order valence-corrected chi connectivity index (χ4v) is 3.21. The molecule has 1 heterocycles. The number of nitrogens with one attached hydrogen (secondary N) is 1. The third-order valence-corrected chi connectivity index (χ3v) is 4.85. The van der Waals surface area contributed by atoms with Crippen LogP contribution in [0.2, 0.25) is 0 Å². The number of nitrogens with two attached hydrogens (primary N) is 1. The molecule has 3 rings (SSSR count). The van der Waals surface area contributed by atoms with Crippen molar-refractivity contribution in [2.45, 2.75) is 20.3 Å². The van der Waals surface area contributed by atoms with Gasteiger partial charge in [-0.3, -0.25) is 14.4 Å². The minimum Gasteiger partial charge on any atom is -0.484 e. The molecule has 3 N–H and O–H groups in total. The molecule has 7 heteroatoms. The lowest BCUT2D eigenvalue weighted by atomic mass is 10.1. The molecule has 146 valence electrons. The Morgan fingerprint density at radius 1 is 1.21 bits per heavy atom. The van der Waals surface area contributed by atoms with Gasteiger partial charge >= 0.3 is 0 Å². The summed E-state index contributed by atoms with van der Waals surface area (Å²) in [5, 5.41) is 2.82.